The number of carbonyl (C=O) groups is 1. The van der Waals surface area contributed by atoms with Gasteiger partial charge in [-0.25, -0.2) is 9.37 Å². The van der Waals surface area contributed by atoms with Crippen molar-refractivity contribution in [2.24, 2.45) is 0 Å². The van der Waals surface area contributed by atoms with Crippen LogP contribution in [0.4, 0.5) is 10.2 Å². The number of hydrogen-bond donors (Lipinski definition) is 3. The first kappa shape index (κ1) is 29.9. The summed E-state index contributed by atoms with van der Waals surface area (Å²) >= 11 is 1.62. The number of allylic oxidation sites excluding steroid dienone is 2. The Balaban J connectivity index is 1.16. The quantitative estimate of drug-likeness (QED) is 0.166. The molecule has 1 amide bonds. The first-order chi connectivity index (χ1) is 24.0. The fourth-order valence-electron chi connectivity index (χ4n) is 8.20. The number of aromatic amines is 1. The van der Waals surface area contributed by atoms with Crippen molar-refractivity contribution >= 4 is 38.7 Å². The van der Waals surface area contributed by atoms with Gasteiger partial charge in [-0.2, -0.15) is 5.16 Å². The van der Waals surface area contributed by atoms with Crippen LogP contribution in [-0.4, -0.2) is 40.6 Å². The highest BCUT2D eigenvalue weighted by atomic mass is 32.1. The summed E-state index contributed by atoms with van der Waals surface area (Å²) in [5.41, 5.74) is 6.39. The number of nitrogens with one attached hydrogen (secondary N) is 3. The lowest BCUT2D eigenvalue weighted by atomic mass is 9.81. The van der Waals surface area contributed by atoms with E-state index >= 15 is 0 Å². The SMILES string of the molecule is COc1cccc2c1CC[C@H]2Nc1nccc2cc(C3C4=C(NC(CCc5ccc(F)cc5)=C3c3cc(=O)[nH]o3)[C@@H]3CCCN3C4=O)sc12. The number of pyridine rings is 1. The molecule has 5 aromatic rings. The topological polar surface area (TPSA) is 112 Å². The van der Waals surface area contributed by atoms with E-state index in [0.29, 0.717) is 30.7 Å². The molecule has 9 nitrogen and oxygen atoms in total. The number of fused-ring (bicyclic) bond motifs is 4. The van der Waals surface area contributed by atoms with Crippen molar-refractivity contribution in [1.29, 1.82) is 0 Å². The summed E-state index contributed by atoms with van der Waals surface area (Å²) in [6.07, 6.45) is 6.73. The predicted octanol–water partition coefficient (Wildman–Crippen LogP) is 6.81. The van der Waals surface area contributed by atoms with Crippen molar-refractivity contribution in [3.63, 3.8) is 0 Å². The van der Waals surface area contributed by atoms with E-state index in [1.165, 1.54) is 29.3 Å². The molecule has 3 aromatic heterocycles. The zero-order valence-electron chi connectivity index (χ0n) is 26.8. The lowest BCUT2D eigenvalue weighted by molar-refractivity contribution is -0.126. The number of dihydropyridines is 1. The molecule has 1 fully saturated rings. The molecule has 3 atom stereocenters. The zero-order valence-corrected chi connectivity index (χ0v) is 27.7. The minimum absolute atomic E-state index is 0.0155. The summed E-state index contributed by atoms with van der Waals surface area (Å²) in [5, 5.41) is 10.9. The van der Waals surface area contributed by atoms with Gasteiger partial charge in [0.15, 0.2) is 5.76 Å². The highest BCUT2D eigenvalue weighted by molar-refractivity contribution is 7.19. The summed E-state index contributed by atoms with van der Waals surface area (Å²) in [6, 6.07) is 18.4. The van der Waals surface area contributed by atoms with Gasteiger partial charge in [0, 0.05) is 34.6 Å². The molecule has 0 saturated carbocycles. The van der Waals surface area contributed by atoms with Crippen molar-refractivity contribution in [2.75, 3.05) is 19.0 Å². The molecule has 3 aliphatic heterocycles. The summed E-state index contributed by atoms with van der Waals surface area (Å²) in [5.74, 6) is 1.39. The molecule has 49 heavy (non-hydrogen) atoms. The van der Waals surface area contributed by atoms with Crippen LogP contribution in [0.3, 0.4) is 0 Å². The molecule has 11 heteroatoms. The minimum atomic E-state index is -0.460. The Morgan fingerprint density at radius 3 is 2.78 bits per heavy atom. The van der Waals surface area contributed by atoms with E-state index in [2.05, 4.69) is 27.9 Å². The van der Waals surface area contributed by atoms with Gasteiger partial charge >= 0.3 is 0 Å². The number of ether oxygens (including phenoxy) is 1. The maximum absolute atomic E-state index is 14.2. The van der Waals surface area contributed by atoms with Crippen molar-refractivity contribution in [2.45, 2.75) is 56.5 Å². The highest BCUT2D eigenvalue weighted by Crippen LogP contribution is 2.52. The predicted molar refractivity (Wildman–Crippen MR) is 186 cm³/mol. The normalized spacial score (nSPS) is 21.3. The molecule has 0 bridgehead atoms. The average molecular weight is 676 g/mol. The third kappa shape index (κ3) is 4.98. The maximum Gasteiger partial charge on any atom is 0.280 e. The van der Waals surface area contributed by atoms with Gasteiger partial charge in [0.25, 0.3) is 11.5 Å². The van der Waals surface area contributed by atoms with Gasteiger partial charge in [-0.15, -0.1) is 11.3 Å². The number of methoxy groups -OCH3 is 1. The van der Waals surface area contributed by atoms with Crippen LogP contribution in [0.15, 0.2) is 93.1 Å². The van der Waals surface area contributed by atoms with Crippen molar-refractivity contribution in [3.8, 4) is 5.75 Å². The summed E-state index contributed by atoms with van der Waals surface area (Å²) in [4.78, 5) is 34.5. The Kier molecular flexibility index (Phi) is 7.19. The summed E-state index contributed by atoms with van der Waals surface area (Å²) < 4.78 is 26.2. The number of benzene rings is 2. The van der Waals surface area contributed by atoms with E-state index in [0.717, 1.165) is 74.7 Å². The Bertz CT molecular complexity index is 2250. The Morgan fingerprint density at radius 1 is 1.08 bits per heavy atom. The number of halogens is 1. The molecule has 0 radical (unpaired) electrons. The van der Waals surface area contributed by atoms with Gasteiger partial charge in [-0.1, -0.05) is 24.3 Å². The molecule has 9 rings (SSSR count). The Morgan fingerprint density at radius 2 is 1.96 bits per heavy atom. The lowest BCUT2D eigenvalue weighted by Crippen LogP contribution is -2.32. The van der Waals surface area contributed by atoms with Crippen molar-refractivity contribution < 1.29 is 18.4 Å². The Hall–Kier alpha value is -5.16. The number of amides is 1. The second-order valence-corrected chi connectivity index (χ2v) is 14.2. The molecule has 1 aliphatic carbocycles. The van der Waals surface area contributed by atoms with Gasteiger partial charge in [0.05, 0.1) is 41.5 Å². The molecular formula is C38H34FN5O4S. The lowest BCUT2D eigenvalue weighted by Gasteiger charge is -2.30. The smallest absolute Gasteiger partial charge is 0.280 e. The average Bonchev–Trinajstić information content (AvgIpc) is 3.95. The van der Waals surface area contributed by atoms with Gasteiger partial charge in [-0.3, -0.25) is 9.59 Å². The van der Waals surface area contributed by atoms with E-state index in [-0.39, 0.29) is 29.4 Å². The summed E-state index contributed by atoms with van der Waals surface area (Å²) in [6.45, 7) is 0.711. The van der Waals surface area contributed by atoms with Crippen molar-refractivity contribution in [1.82, 2.24) is 20.4 Å². The number of anilines is 1. The number of hydrogen-bond acceptors (Lipinski definition) is 8. The fourth-order valence-corrected chi connectivity index (χ4v) is 9.43. The van der Waals surface area contributed by atoms with Crippen LogP contribution in [-0.2, 0) is 17.6 Å². The molecule has 248 valence electrons. The molecule has 4 aliphatic rings. The number of H-pyrrole nitrogens is 1. The second kappa shape index (κ2) is 11.8. The third-order valence-corrected chi connectivity index (χ3v) is 11.6. The van der Waals surface area contributed by atoms with Crippen LogP contribution >= 0.6 is 11.3 Å². The van der Waals surface area contributed by atoms with Crippen LogP contribution in [0.1, 0.15) is 65.0 Å². The molecule has 1 saturated heterocycles. The van der Waals surface area contributed by atoms with E-state index in [4.69, 9.17) is 14.2 Å². The van der Waals surface area contributed by atoms with E-state index in [1.54, 1.807) is 30.6 Å². The number of aryl methyl sites for hydroxylation is 1. The third-order valence-electron chi connectivity index (χ3n) is 10.4. The van der Waals surface area contributed by atoms with Crippen molar-refractivity contribution in [3.05, 3.63) is 127 Å². The summed E-state index contributed by atoms with van der Waals surface area (Å²) in [7, 11) is 1.71. The standard InChI is InChI=1S/C38H34FN5O4S/c1-47-28-6-2-4-23-24(28)12-14-25(23)42-37-36-21(15-16-40-37)18-30(49-36)33-32(29-19-31(45)43-48-29)26(13-9-20-7-10-22(39)11-8-20)41-35-27-5-3-17-44(27)38(46)34(33)35/h2,4,6-8,10-11,15-16,18-19,25,27,33,41H,3,5,9,12-14,17H2,1H3,(H,40,42)(H,43,45)/t25-,27+,33?/m1/s1. The van der Waals surface area contributed by atoms with Crippen LogP contribution < -0.4 is 20.9 Å². The first-order valence-electron chi connectivity index (χ1n) is 16.8. The van der Waals surface area contributed by atoms with Gasteiger partial charge in [-0.05, 0) is 90.9 Å². The monoisotopic (exact) mass is 675 g/mol. The van der Waals surface area contributed by atoms with Crippen LogP contribution in [0.2, 0.25) is 0 Å². The maximum atomic E-state index is 14.2. The highest BCUT2D eigenvalue weighted by Gasteiger charge is 2.49. The minimum Gasteiger partial charge on any atom is -0.496 e. The molecule has 6 heterocycles. The largest absolute Gasteiger partial charge is 0.496 e. The zero-order chi connectivity index (χ0) is 33.2. The molecule has 3 N–H and O–H groups in total. The van der Waals surface area contributed by atoms with Crippen LogP contribution in [0.25, 0.3) is 15.7 Å². The number of nitrogens with zero attached hydrogens (tertiary/aromatic N) is 2. The molecule has 2 aromatic carbocycles. The van der Waals surface area contributed by atoms with E-state index in [9.17, 15) is 14.0 Å². The number of carbonyl (C=O) groups excluding carboxylic acids is 1. The molecule has 1 unspecified atom stereocenters. The van der Waals surface area contributed by atoms with E-state index < -0.39 is 5.92 Å². The first-order valence-corrected chi connectivity index (χ1v) is 17.6. The van der Waals surface area contributed by atoms with Gasteiger partial charge in [0.1, 0.15) is 17.4 Å². The number of thiophene rings is 1. The molecular weight excluding hydrogens is 642 g/mol. The Labute approximate surface area is 285 Å². The van der Waals surface area contributed by atoms with E-state index in [1.807, 2.05) is 29.3 Å². The van der Waals surface area contributed by atoms with Gasteiger partial charge < -0.3 is 24.8 Å². The molecule has 0 spiro atoms. The van der Waals surface area contributed by atoms with Gasteiger partial charge in [0.2, 0.25) is 0 Å². The van der Waals surface area contributed by atoms with Crippen LogP contribution in [0, 0.1) is 5.82 Å². The number of aromatic nitrogens is 2. The second-order valence-electron chi connectivity index (χ2n) is 13.1. The fraction of sp³-hybridized carbons (Fsp3) is 0.289. The number of rotatable bonds is 8. The van der Waals surface area contributed by atoms with Crippen LogP contribution in [0.5, 0.6) is 5.75 Å².